The van der Waals surface area contributed by atoms with E-state index in [0.717, 1.165) is 29.5 Å². The fourth-order valence-electron chi connectivity index (χ4n) is 1.96. The van der Waals surface area contributed by atoms with Crippen LogP contribution >= 0.6 is 11.6 Å². The van der Waals surface area contributed by atoms with E-state index in [4.69, 9.17) is 11.6 Å². The summed E-state index contributed by atoms with van der Waals surface area (Å²) >= 11 is 5.66. The van der Waals surface area contributed by atoms with Gasteiger partial charge < -0.3 is 5.32 Å². The zero-order chi connectivity index (χ0) is 16.9. The highest BCUT2D eigenvalue weighted by molar-refractivity contribution is 7.92. The average molecular weight is 351 g/mol. The minimum absolute atomic E-state index is 0.0380. The fourth-order valence-corrected chi connectivity index (χ4v) is 2.98. The molecule has 1 aromatic carbocycles. The zero-order valence-corrected chi connectivity index (χ0v) is 14.3. The van der Waals surface area contributed by atoms with Gasteiger partial charge in [-0.1, -0.05) is 25.4 Å². The van der Waals surface area contributed by atoms with E-state index in [0.29, 0.717) is 0 Å². The lowest BCUT2D eigenvalue weighted by molar-refractivity contribution is -0.120. The molecule has 0 radical (unpaired) electrons. The second kappa shape index (κ2) is 7.78. The van der Waals surface area contributed by atoms with Crippen molar-refractivity contribution in [3.8, 4) is 0 Å². The molecule has 8 heteroatoms. The number of nitrogens with zero attached hydrogens (tertiary/aromatic N) is 1. The van der Waals surface area contributed by atoms with Crippen LogP contribution in [0, 0.1) is 5.82 Å². The second-order valence-corrected chi connectivity index (χ2v) is 7.29. The number of carbonyl (C=O) groups is 1. The van der Waals surface area contributed by atoms with Crippen molar-refractivity contribution in [2.45, 2.75) is 32.7 Å². The van der Waals surface area contributed by atoms with Crippen LogP contribution in [0.2, 0.25) is 5.02 Å². The van der Waals surface area contributed by atoms with Crippen molar-refractivity contribution in [1.29, 1.82) is 0 Å². The highest BCUT2D eigenvalue weighted by Gasteiger charge is 2.24. The molecule has 1 N–H and O–H groups in total. The Labute approximate surface area is 135 Å². The molecular weight excluding hydrogens is 331 g/mol. The number of benzene rings is 1. The van der Waals surface area contributed by atoms with Gasteiger partial charge in [-0.25, -0.2) is 12.8 Å². The summed E-state index contributed by atoms with van der Waals surface area (Å²) in [6.07, 6.45) is 2.39. The minimum atomic E-state index is -3.81. The van der Waals surface area contributed by atoms with Crippen LogP contribution in [0.5, 0.6) is 0 Å². The molecule has 1 aromatic rings. The van der Waals surface area contributed by atoms with Gasteiger partial charge in [-0.3, -0.25) is 9.10 Å². The Kier molecular flexibility index (Phi) is 6.62. The van der Waals surface area contributed by atoms with Crippen LogP contribution in [0.3, 0.4) is 0 Å². The summed E-state index contributed by atoms with van der Waals surface area (Å²) in [6.45, 7) is 3.36. The van der Waals surface area contributed by atoms with Crippen molar-refractivity contribution >= 4 is 33.2 Å². The molecule has 0 aliphatic heterocycles. The Morgan fingerprint density at radius 2 is 1.95 bits per heavy atom. The SMILES string of the molecule is CCC(CC)NC(=O)CN(c1ccc(Cl)cc1F)S(C)(=O)=O. The lowest BCUT2D eigenvalue weighted by Crippen LogP contribution is -2.44. The fraction of sp³-hybridized carbons (Fsp3) is 0.500. The Bertz CT molecular complexity index is 633. The third-order valence-corrected chi connectivity index (χ3v) is 4.58. The Morgan fingerprint density at radius 3 is 2.41 bits per heavy atom. The number of nitrogens with one attached hydrogen (secondary N) is 1. The molecule has 0 fully saturated rings. The largest absolute Gasteiger partial charge is 0.352 e. The van der Waals surface area contributed by atoms with Crippen molar-refractivity contribution < 1.29 is 17.6 Å². The number of rotatable bonds is 7. The molecule has 0 atom stereocenters. The quantitative estimate of drug-likeness (QED) is 0.821. The van der Waals surface area contributed by atoms with Gasteiger partial charge in [0.15, 0.2) is 0 Å². The van der Waals surface area contributed by atoms with E-state index >= 15 is 0 Å². The van der Waals surface area contributed by atoms with E-state index in [2.05, 4.69) is 5.32 Å². The maximum Gasteiger partial charge on any atom is 0.240 e. The van der Waals surface area contributed by atoms with Gasteiger partial charge >= 0.3 is 0 Å². The first-order valence-electron chi connectivity index (χ1n) is 6.91. The molecule has 0 saturated carbocycles. The molecule has 0 heterocycles. The third-order valence-electron chi connectivity index (χ3n) is 3.22. The van der Waals surface area contributed by atoms with Crippen LogP contribution in [-0.4, -0.2) is 33.2 Å². The molecule has 1 rings (SSSR count). The Balaban J connectivity index is 3.03. The monoisotopic (exact) mass is 350 g/mol. The maximum absolute atomic E-state index is 14.0. The van der Waals surface area contributed by atoms with Crippen LogP contribution in [0.1, 0.15) is 26.7 Å². The predicted octanol–water partition coefficient (Wildman–Crippen LogP) is 2.55. The van der Waals surface area contributed by atoms with Gasteiger partial charge in [-0.2, -0.15) is 0 Å². The zero-order valence-electron chi connectivity index (χ0n) is 12.8. The van der Waals surface area contributed by atoms with Gasteiger partial charge in [0.25, 0.3) is 0 Å². The molecule has 0 bridgehead atoms. The Morgan fingerprint density at radius 1 is 1.36 bits per heavy atom. The minimum Gasteiger partial charge on any atom is -0.352 e. The molecule has 0 saturated heterocycles. The molecule has 0 unspecified atom stereocenters. The van der Waals surface area contributed by atoms with Crippen molar-refractivity contribution in [1.82, 2.24) is 5.32 Å². The molecule has 0 aliphatic rings. The van der Waals surface area contributed by atoms with Gasteiger partial charge in [-0.15, -0.1) is 0 Å². The van der Waals surface area contributed by atoms with E-state index < -0.39 is 28.3 Å². The number of amides is 1. The molecule has 0 spiro atoms. The van der Waals surface area contributed by atoms with Crippen LogP contribution in [0.4, 0.5) is 10.1 Å². The first kappa shape index (κ1) is 18.7. The number of halogens is 2. The van der Waals surface area contributed by atoms with Crippen molar-refractivity contribution in [2.24, 2.45) is 0 Å². The number of carbonyl (C=O) groups excluding carboxylic acids is 1. The predicted molar refractivity (Wildman–Crippen MR) is 86.1 cm³/mol. The lowest BCUT2D eigenvalue weighted by atomic mass is 10.2. The van der Waals surface area contributed by atoms with Crippen molar-refractivity contribution in [3.05, 3.63) is 29.0 Å². The van der Waals surface area contributed by atoms with Gasteiger partial charge in [0.1, 0.15) is 12.4 Å². The molecule has 1 amide bonds. The van der Waals surface area contributed by atoms with Gasteiger partial charge in [0, 0.05) is 11.1 Å². The number of hydrogen-bond acceptors (Lipinski definition) is 3. The summed E-state index contributed by atoms with van der Waals surface area (Å²) in [5.41, 5.74) is -0.202. The molecule has 5 nitrogen and oxygen atoms in total. The molecule has 0 aromatic heterocycles. The van der Waals surface area contributed by atoms with Crippen molar-refractivity contribution in [2.75, 3.05) is 17.1 Å². The van der Waals surface area contributed by atoms with Crippen LogP contribution < -0.4 is 9.62 Å². The van der Waals surface area contributed by atoms with E-state index in [1.54, 1.807) is 0 Å². The van der Waals surface area contributed by atoms with Crippen LogP contribution in [-0.2, 0) is 14.8 Å². The van der Waals surface area contributed by atoms with Crippen LogP contribution in [0.15, 0.2) is 18.2 Å². The second-order valence-electron chi connectivity index (χ2n) is 4.95. The van der Waals surface area contributed by atoms with Crippen molar-refractivity contribution in [3.63, 3.8) is 0 Å². The highest BCUT2D eigenvalue weighted by atomic mass is 35.5. The first-order valence-corrected chi connectivity index (χ1v) is 9.13. The maximum atomic E-state index is 14.0. The summed E-state index contributed by atoms with van der Waals surface area (Å²) in [5.74, 6) is -1.28. The summed E-state index contributed by atoms with van der Waals surface area (Å²) in [7, 11) is -3.81. The van der Waals surface area contributed by atoms with Gasteiger partial charge in [0.2, 0.25) is 15.9 Å². The van der Waals surface area contributed by atoms with E-state index in [1.807, 2.05) is 13.8 Å². The third kappa shape index (κ3) is 5.14. The summed E-state index contributed by atoms with van der Waals surface area (Å²) in [6, 6.07) is 3.58. The molecule has 124 valence electrons. The molecule has 22 heavy (non-hydrogen) atoms. The standard InChI is InChI=1S/C14H20ClFN2O3S/c1-4-11(5-2)17-14(19)9-18(22(3,20)21)13-7-6-10(15)8-12(13)16/h6-8,11H,4-5,9H2,1-3H3,(H,17,19). The topological polar surface area (TPSA) is 66.5 Å². The average Bonchev–Trinajstić information content (AvgIpc) is 2.41. The molecular formula is C14H20ClFN2O3S. The Hall–Kier alpha value is -1.34. The first-order chi connectivity index (χ1) is 10.2. The van der Waals surface area contributed by atoms with E-state index in [9.17, 15) is 17.6 Å². The smallest absolute Gasteiger partial charge is 0.240 e. The van der Waals surface area contributed by atoms with Gasteiger partial charge in [-0.05, 0) is 31.0 Å². The van der Waals surface area contributed by atoms with E-state index in [-0.39, 0.29) is 16.8 Å². The lowest BCUT2D eigenvalue weighted by Gasteiger charge is -2.24. The summed E-state index contributed by atoms with van der Waals surface area (Å²) < 4.78 is 38.4. The number of anilines is 1. The van der Waals surface area contributed by atoms with Gasteiger partial charge in [0.05, 0.1) is 11.9 Å². The summed E-state index contributed by atoms with van der Waals surface area (Å²) in [5, 5.41) is 2.88. The summed E-state index contributed by atoms with van der Waals surface area (Å²) in [4.78, 5) is 12.0. The highest BCUT2D eigenvalue weighted by Crippen LogP contribution is 2.24. The number of sulfonamides is 1. The van der Waals surface area contributed by atoms with Crippen LogP contribution in [0.25, 0.3) is 0 Å². The normalized spacial score (nSPS) is 11.5. The van der Waals surface area contributed by atoms with E-state index in [1.165, 1.54) is 12.1 Å². The number of hydrogen-bond donors (Lipinski definition) is 1. The molecule has 0 aliphatic carbocycles.